The highest BCUT2D eigenvalue weighted by Crippen LogP contribution is 2.34. The summed E-state index contributed by atoms with van der Waals surface area (Å²) in [5, 5.41) is 6.39. The van der Waals surface area contributed by atoms with Gasteiger partial charge in [-0.1, -0.05) is 0 Å². The minimum absolute atomic E-state index is 0.0753. The van der Waals surface area contributed by atoms with E-state index < -0.39 is 0 Å². The van der Waals surface area contributed by atoms with E-state index in [1.165, 1.54) is 6.42 Å². The minimum Gasteiger partial charge on any atom is -0.376 e. The Balaban J connectivity index is 1.84. The zero-order chi connectivity index (χ0) is 12.4. The third-order valence-corrected chi connectivity index (χ3v) is 4.41. The fourth-order valence-electron chi connectivity index (χ4n) is 2.73. The van der Waals surface area contributed by atoms with Crippen LogP contribution in [0.1, 0.15) is 39.0 Å². The van der Waals surface area contributed by atoms with Crippen LogP contribution in [0.2, 0.25) is 0 Å². The number of hydrogen-bond acceptors (Lipinski definition) is 3. The second kappa shape index (κ2) is 4.94. The Labute approximate surface area is 103 Å². The van der Waals surface area contributed by atoms with Crippen molar-refractivity contribution in [3.05, 3.63) is 0 Å². The zero-order valence-electron chi connectivity index (χ0n) is 11.0. The van der Waals surface area contributed by atoms with Crippen LogP contribution in [-0.4, -0.2) is 38.3 Å². The van der Waals surface area contributed by atoms with Gasteiger partial charge in [0.15, 0.2) is 0 Å². The fraction of sp³-hybridized carbons (Fsp3) is 0.923. The molecule has 17 heavy (non-hydrogen) atoms. The first-order valence-electron chi connectivity index (χ1n) is 6.64. The van der Waals surface area contributed by atoms with Gasteiger partial charge in [0.25, 0.3) is 0 Å². The van der Waals surface area contributed by atoms with Crippen molar-refractivity contribution in [3.63, 3.8) is 0 Å². The Bertz CT molecular complexity index is 276. The van der Waals surface area contributed by atoms with Crippen molar-refractivity contribution in [2.45, 2.75) is 44.6 Å². The van der Waals surface area contributed by atoms with Crippen molar-refractivity contribution in [2.75, 3.05) is 26.7 Å². The van der Waals surface area contributed by atoms with Gasteiger partial charge in [-0.2, -0.15) is 0 Å². The lowest BCUT2D eigenvalue weighted by molar-refractivity contribution is -0.134. The number of ether oxygens (including phenoxy) is 1. The highest BCUT2D eigenvalue weighted by Gasteiger charge is 2.40. The van der Waals surface area contributed by atoms with Gasteiger partial charge in [0.05, 0.1) is 11.0 Å². The lowest BCUT2D eigenvalue weighted by Gasteiger charge is -2.41. The molecule has 1 atom stereocenters. The highest BCUT2D eigenvalue weighted by atomic mass is 16.5. The maximum Gasteiger partial charge on any atom is 0.227 e. The van der Waals surface area contributed by atoms with E-state index in [2.05, 4.69) is 17.6 Å². The molecule has 1 unspecified atom stereocenters. The van der Waals surface area contributed by atoms with Gasteiger partial charge < -0.3 is 15.4 Å². The zero-order valence-corrected chi connectivity index (χ0v) is 11.0. The molecular weight excluding hydrogens is 216 g/mol. The molecule has 2 fully saturated rings. The molecule has 0 aromatic heterocycles. The van der Waals surface area contributed by atoms with Crippen LogP contribution in [0.3, 0.4) is 0 Å². The number of piperidine rings is 1. The van der Waals surface area contributed by atoms with Crippen molar-refractivity contribution in [2.24, 2.45) is 5.41 Å². The van der Waals surface area contributed by atoms with Crippen LogP contribution < -0.4 is 10.6 Å². The van der Waals surface area contributed by atoms with E-state index in [0.29, 0.717) is 6.54 Å². The predicted octanol–water partition coefficient (Wildman–Crippen LogP) is 1.06. The standard InChI is InChI=1S/C13H24N2O2/c1-12(5-4-8-14-9-12)11(16)15-10-13(17-2)6-3-7-13/h14H,3-10H2,1-2H3,(H,15,16). The molecule has 0 aromatic carbocycles. The van der Waals surface area contributed by atoms with E-state index in [0.717, 1.165) is 38.8 Å². The molecule has 98 valence electrons. The Morgan fingerprint density at radius 1 is 1.35 bits per heavy atom. The van der Waals surface area contributed by atoms with Crippen LogP contribution in [0.5, 0.6) is 0 Å². The van der Waals surface area contributed by atoms with E-state index in [1.807, 2.05) is 0 Å². The van der Waals surface area contributed by atoms with Crippen LogP contribution in [-0.2, 0) is 9.53 Å². The number of methoxy groups -OCH3 is 1. The summed E-state index contributed by atoms with van der Waals surface area (Å²) in [7, 11) is 1.75. The van der Waals surface area contributed by atoms with E-state index in [9.17, 15) is 4.79 Å². The summed E-state index contributed by atoms with van der Waals surface area (Å²) in [6.07, 6.45) is 5.41. The normalized spacial score (nSPS) is 31.6. The molecule has 4 nitrogen and oxygen atoms in total. The molecule has 0 bridgehead atoms. The van der Waals surface area contributed by atoms with Gasteiger partial charge in [-0.05, 0) is 45.6 Å². The Kier molecular flexibility index (Phi) is 3.73. The third kappa shape index (κ3) is 2.63. The number of carbonyl (C=O) groups excluding carboxylic acids is 1. The summed E-state index contributed by atoms with van der Waals surface area (Å²) >= 11 is 0. The van der Waals surface area contributed by atoms with Crippen molar-refractivity contribution in [1.82, 2.24) is 10.6 Å². The molecule has 2 rings (SSSR count). The van der Waals surface area contributed by atoms with Gasteiger partial charge in [-0.15, -0.1) is 0 Å². The molecule has 1 saturated heterocycles. The third-order valence-electron chi connectivity index (χ3n) is 4.41. The molecule has 1 aliphatic carbocycles. The minimum atomic E-state index is -0.239. The molecule has 2 N–H and O–H groups in total. The van der Waals surface area contributed by atoms with Crippen LogP contribution in [0, 0.1) is 5.41 Å². The monoisotopic (exact) mass is 240 g/mol. The van der Waals surface area contributed by atoms with E-state index >= 15 is 0 Å². The van der Waals surface area contributed by atoms with Crippen LogP contribution in [0.25, 0.3) is 0 Å². The second-order valence-electron chi connectivity index (χ2n) is 5.76. The fourth-order valence-corrected chi connectivity index (χ4v) is 2.73. The summed E-state index contributed by atoms with van der Waals surface area (Å²) in [5.41, 5.74) is -0.314. The highest BCUT2D eigenvalue weighted by molar-refractivity contribution is 5.82. The molecule has 0 spiro atoms. The maximum absolute atomic E-state index is 12.2. The van der Waals surface area contributed by atoms with E-state index in [1.54, 1.807) is 7.11 Å². The summed E-state index contributed by atoms with van der Waals surface area (Å²) < 4.78 is 5.51. The van der Waals surface area contributed by atoms with Crippen molar-refractivity contribution in [1.29, 1.82) is 0 Å². The molecule has 0 aromatic rings. The topological polar surface area (TPSA) is 50.4 Å². The molecule has 0 radical (unpaired) electrons. The summed E-state index contributed by atoms with van der Waals surface area (Å²) in [4.78, 5) is 12.2. The Morgan fingerprint density at radius 2 is 2.12 bits per heavy atom. The summed E-state index contributed by atoms with van der Waals surface area (Å²) in [6.45, 7) is 4.54. The first-order valence-corrected chi connectivity index (χ1v) is 6.64. The number of rotatable bonds is 4. The molecular formula is C13H24N2O2. The van der Waals surface area contributed by atoms with Crippen molar-refractivity contribution >= 4 is 5.91 Å². The lowest BCUT2D eigenvalue weighted by Crippen LogP contribution is -2.54. The summed E-state index contributed by atoms with van der Waals surface area (Å²) in [5.74, 6) is 0.174. The number of nitrogens with one attached hydrogen (secondary N) is 2. The first kappa shape index (κ1) is 12.8. The largest absolute Gasteiger partial charge is 0.376 e. The lowest BCUT2D eigenvalue weighted by atomic mass is 9.78. The van der Waals surface area contributed by atoms with Crippen molar-refractivity contribution in [3.8, 4) is 0 Å². The van der Waals surface area contributed by atoms with Gasteiger partial charge in [-0.3, -0.25) is 4.79 Å². The van der Waals surface area contributed by atoms with Gasteiger partial charge >= 0.3 is 0 Å². The van der Waals surface area contributed by atoms with E-state index in [-0.39, 0.29) is 16.9 Å². The average molecular weight is 240 g/mol. The quantitative estimate of drug-likeness (QED) is 0.772. The molecule has 1 heterocycles. The molecule has 2 aliphatic rings. The summed E-state index contributed by atoms with van der Waals surface area (Å²) in [6, 6.07) is 0. The Morgan fingerprint density at radius 3 is 2.59 bits per heavy atom. The predicted molar refractivity (Wildman–Crippen MR) is 66.8 cm³/mol. The van der Waals surface area contributed by atoms with Gasteiger partial charge in [0.1, 0.15) is 0 Å². The number of hydrogen-bond donors (Lipinski definition) is 2. The van der Waals surface area contributed by atoms with Crippen molar-refractivity contribution < 1.29 is 9.53 Å². The van der Waals surface area contributed by atoms with Gasteiger partial charge in [0, 0.05) is 20.2 Å². The average Bonchev–Trinajstić information content (AvgIpc) is 2.29. The van der Waals surface area contributed by atoms with Crippen LogP contribution >= 0.6 is 0 Å². The van der Waals surface area contributed by atoms with E-state index in [4.69, 9.17) is 4.74 Å². The number of amides is 1. The molecule has 1 aliphatic heterocycles. The molecule has 1 saturated carbocycles. The van der Waals surface area contributed by atoms with Gasteiger partial charge in [0.2, 0.25) is 5.91 Å². The smallest absolute Gasteiger partial charge is 0.227 e. The van der Waals surface area contributed by atoms with Crippen LogP contribution in [0.4, 0.5) is 0 Å². The number of carbonyl (C=O) groups is 1. The Hall–Kier alpha value is -0.610. The SMILES string of the molecule is COC1(CNC(=O)C2(C)CCCNC2)CCC1. The maximum atomic E-state index is 12.2. The molecule has 1 amide bonds. The van der Waals surface area contributed by atoms with Crippen LogP contribution in [0.15, 0.2) is 0 Å². The van der Waals surface area contributed by atoms with Gasteiger partial charge in [-0.25, -0.2) is 0 Å². The first-order chi connectivity index (χ1) is 8.10. The second-order valence-corrected chi connectivity index (χ2v) is 5.76. The molecule has 4 heteroatoms.